The van der Waals surface area contributed by atoms with Crippen molar-refractivity contribution in [2.75, 3.05) is 6.54 Å². The second kappa shape index (κ2) is 6.04. The summed E-state index contributed by atoms with van der Waals surface area (Å²) in [5.41, 5.74) is 11.0. The first-order valence-electron chi connectivity index (χ1n) is 6.66. The fourth-order valence-corrected chi connectivity index (χ4v) is 2.57. The lowest BCUT2D eigenvalue weighted by atomic mass is 10.2. The fraction of sp³-hybridized carbons (Fsp3) is 0.833. The van der Waals surface area contributed by atoms with Crippen LogP contribution in [0, 0.1) is 0 Å². The number of nitrogens with one attached hydrogen (secondary N) is 1. The SMILES string of the molecule is NC(=O)C1CCC(CN=C(N)NC2CCCC2)O1. The van der Waals surface area contributed by atoms with E-state index in [0.717, 1.165) is 6.42 Å². The topological polar surface area (TPSA) is 103 Å². The van der Waals surface area contributed by atoms with E-state index in [1.807, 2.05) is 0 Å². The molecule has 0 radical (unpaired) electrons. The van der Waals surface area contributed by atoms with Crippen molar-refractivity contribution < 1.29 is 9.53 Å². The van der Waals surface area contributed by atoms with Gasteiger partial charge in [0.05, 0.1) is 12.6 Å². The molecule has 2 fully saturated rings. The molecule has 1 heterocycles. The summed E-state index contributed by atoms with van der Waals surface area (Å²) in [6.07, 6.45) is 5.87. The van der Waals surface area contributed by atoms with Crippen molar-refractivity contribution >= 4 is 11.9 Å². The summed E-state index contributed by atoms with van der Waals surface area (Å²) in [5, 5.41) is 3.22. The highest BCUT2D eigenvalue weighted by Gasteiger charge is 2.28. The van der Waals surface area contributed by atoms with Crippen LogP contribution in [0.3, 0.4) is 0 Å². The number of nitrogens with two attached hydrogens (primary N) is 2. The van der Waals surface area contributed by atoms with E-state index >= 15 is 0 Å². The number of primary amides is 1. The van der Waals surface area contributed by atoms with Gasteiger partial charge in [-0.3, -0.25) is 9.79 Å². The zero-order valence-corrected chi connectivity index (χ0v) is 10.6. The number of ether oxygens (including phenoxy) is 1. The maximum atomic E-state index is 10.9. The van der Waals surface area contributed by atoms with Gasteiger partial charge in [-0.25, -0.2) is 0 Å². The largest absolute Gasteiger partial charge is 0.370 e. The Bertz CT molecular complexity index is 326. The van der Waals surface area contributed by atoms with Crippen LogP contribution in [0.5, 0.6) is 0 Å². The van der Waals surface area contributed by atoms with Crippen molar-refractivity contribution in [1.82, 2.24) is 5.32 Å². The predicted octanol–water partition coefficient (Wildman–Crippen LogP) is -0.134. The smallest absolute Gasteiger partial charge is 0.246 e. The van der Waals surface area contributed by atoms with Crippen molar-refractivity contribution in [3.63, 3.8) is 0 Å². The molecule has 1 saturated heterocycles. The number of rotatable bonds is 4. The Labute approximate surface area is 107 Å². The quantitative estimate of drug-likeness (QED) is 0.480. The van der Waals surface area contributed by atoms with Gasteiger partial charge in [-0.15, -0.1) is 0 Å². The number of hydrogen-bond acceptors (Lipinski definition) is 3. The van der Waals surface area contributed by atoms with Gasteiger partial charge in [-0.2, -0.15) is 0 Å². The molecule has 1 aliphatic heterocycles. The van der Waals surface area contributed by atoms with E-state index in [9.17, 15) is 4.79 Å². The molecule has 0 bridgehead atoms. The number of hydrogen-bond donors (Lipinski definition) is 3. The van der Waals surface area contributed by atoms with Gasteiger partial charge in [0.2, 0.25) is 5.91 Å². The Morgan fingerprint density at radius 2 is 1.94 bits per heavy atom. The first-order valence-corrected chi connectivity index (χ1v) is 6.66. The molecule has 5 N–H and O–H groups in total. The number of aliphatic imine (C=N–C) groups is 1. The third-order valence-corrected chi connectivity index (χ3v) is 3.60. The predicted molar refractivity (Wildman–Crippen MR) is 69.0 cm³/mol. The first kappa shape index (κ1) is 13.1. The summed E-state index contributed by atoms with van der Waals surface area (Å²) in [6.45, 7) is 0.495. The van der Waals surface area contributed by atoms with Gasteiger partial charge in [0.15, 0.2) is 5.96 Å². The highest BCUT2D eigenvalue weighted by Crippen LogP contribution is 2.20. The average Bonchev–Trinajstić information content (AvgIpc) is 2.96. The third kappa shape index (κ3) is 3.60. The fourth-order valence-electron chi connectivity index (χ4n) is 2.57. The van der Waals surface area contributed by atoms with Gasteiger partial charge in [0, 0.05) is 6.04 Å². The van der Waals surface area contributed by atoms with E-state index in [1.54, 1.807) is 0 Å². The van der Waals surface area contributed by atoms with Gasteiger partial charge in [-0.1, -0.05) is 12.8 Å². The molecule has 18 heavy (non-hydrogen) atoms. The van der Waals surface area contributed by atoms with Crippen LogP contribution in [0.15, 0.2) is 4.99 Å². The van der Waals surface area contributed by atoms with Crippen LogP contribution in [-0.2, 0) is 9.53 Å². The standard InChI is InChI=1S/C12H22N4O2/c13-11(17)10-6-5-9(18-10)7-15-12(14)16-8-3-1-2-4-8/h8-10H,1-7H2,(H2,13,17)(H3,14,15,16). The van der Waals surface area contributed by atoms with Crippen LogP contribution in [0.2, 0.25) is 0 Å². The van der Waals surface area contributed by atoms with E-state index in [-0.39, 0.29) is 6.10 Å². The molecule has 0 spiro atoms. The van der Waals surface area contributed by atoms with Crippen molar-refractivity contribution in [3.05, 3.63) is 0 Å². The zero-order chi connectivity index (χ0) is 13.0. The van der Waals surface area contributed by atoms with Crippen LogP contribution < -0.4 is 16.8 Å². The van der Waals surface area contributed by atoms with Crippen LogP contribution in [0.25, 0.3) is 0 Å². The van der Waals surface area contributed by atoms with Crippen LogP contribution in [0.1, 0.15) is 38.5 Å². The lowest BCUT2D eigenvalue weighted by molar-refractivity contribution is -0.128. The minimum atomic E-state index is -0.450. The summed E-state index contributed by atoms with van der Waals surface area (Å²) in [7, 11) is 0. The van der Waals surface area contributed by atoms with Crippen molar-refractivity contribution in [3.8, 4) is 0 Å². The molecule has 6 heteroatoms. The molecule has 0 aromatic rings. The molecule has 2 aliphatic rings. The normalized spacial score (nSPS) is 29.7. The molecule has 0 aromatic heterocycles. The molecule has 0 aromatic carbocycles. The van der Waals surface area contributed by atoms with Crippen LogP contribution >= 0.6 is 0 Å². The summed E-state index contributed by atoms with van der Waals surface area (Å²) in [4.78, 5) is 15.2. The summed E-state index contributed by atoms with van der Waals surface area (Å²) >= 11 is 0. The molecule has 2 atom stereocenters. The number of guanidine groups is 1. The van der Waals surface area contributed by atoms with Crippen molar-refractivity contribution in [2.24, 2.45) is 16.5 Å². The van der Waals surface area contributed by atoms with Gasteiger partial charge in [0.1, 0.15) is 6.10 Å². The lowest BCUT2D eigenvalue weighted by Gasteiger charge is -2.13. The number of amides is 1. The maximum absolute atomic E-state index is 10.9. The minimum Gasteiger partial charge on any atom is -0.370 e. The Hall–Kier alpha value is -1.30. The number of carbonyl (C=O) groups is 1. The second-order valence-electron chi connectivity index (χ2n) is 5.08. The molecule has 2 unspecified atom stereocenters. The first-order chi connectivity index (χ1) is 8.65. The van der Waals surface area contributed by atoms with E-state index < -0.39 is 12.0 Å². The van der Waals surface area contributed by atoms with E-state index in [4.69, 9.17) is 16.2 Å². The Kier molecular flexibility index (Phi) is 4.41. The molecule has 2 rings (SSSR count). The highest BCUT2D eigenvalue weighted by atomic mass is 16.5. The highest BCUT2D eigenvalue weighted by molar-refractivity contribution is 5.79. The van der Waals surface area contributed by atoms with Crippen LogP contribution in [-0.4, -0.2) is 36.7 Å². The Morgan fingerprint density at radius 3 is 2.56 bits per heavy atom. The van der Waals surface area contributed by atoms with E-state index in [1.165, 1.54) is 25.7 Å². The summed E-state index contributed by atoms with van der Waals surface area (Å²) in [5.74, 6) is 0.0894. The monoisotopic (exact) mass is 254 g/mol. The van der Waals surface area contributed by atoms with Gasteiger partial charge >= 0.3 is 0 Å². The van der Waals surface area contributed by atoms with Crippen LogP contribution in [0.4, 0.5) is 0 Å². The molecule has 1 amide bonds. The van der Waals surface area contributed by atoms with Gasteiger partial charge in [-0.05, 0) is 25.7 Å². The Balaban J connectivity index is 1.71. The number of carbonyl (C=O) groups excluding carboxylic acids is 1. The Morgan fingerprint density at radius 1 is 1.22 bits per heavy atom. The van der Waals surface area contributed by atoms with E-state index in [0.29, 0.717) is 25.0 Å². The molecule has 102 valence electrons. The average molecular weight is 254 g/mol. The van der Waals surface area contributed by atoms with Crippen molar-refractivity contribution in [2.45, 2.75) is 56.8 Å². The number of nitrogens with zero attached hydrogens (tertiary/aromatic N) is 1. The molecule has 6 nitrogen and oxygen atoms in total. The molecular weight excluding hydrogens is 232 g/mol. The van der Waals surface area contributed by atoms with E-state index in [2.05, 4.69) is 10.3 Å². The summed E-state index contributed by atoms with van der Waals surface area (Å²) in [6, 6.07) is 0.469. The molecule has 1 saturated carbocycles. The molecule has 1 aliphatic carbocycles. The van der Waals surface area contributed by atoms with Gasteiger partial charge in [0.25, 0.3) is 0 Å². The minimum absolute atomic E-state index is 0.0357. The zero-order valence-electron chi connectivity index (χ0n) is 10.6. The maximum Gasteiger partial charge on any atom is 0.246 e. The lowest BCUT2D eigenvalue weighted by Crippen LogP contribution is -2.39. The molecular formula is C12H22N4O2. The third-order valence-electron chi connectivity index (χ3n) is 3.60. The van der Waals surface area contributed by atoms with Gasteiger partial charge < -0.3 is 21.5 Å². The summed E-state index contributed by atoms with van der Waals surface area (Å²) < 4.78 is 5.48. The van der Waals surface area contributed by atoms with Crippen molar-refractivity contribution in [1.29, 1.82) is 0 Å². The second-order valence-corrected chi connectivity index (χ2v) is 5.08.